The normalized spacial score (nSPS) is 18.2. The first kappa shape index (κ1) is 23.1. The lowest BCUT2D eigenvalue weighted by Gasteiger charge is -2.37. The Morgan fingerprint density at radius 1 is 1.06 bits per heavy atom. The molecular formula is C24H35N3O4. The number of benzene rings is 1. The number of hydrogen-bond donors (Lipinski definition) is 1. The van der Waals surface area contributed by atoms with E-state index in [1.54, 1.807) is 31.4 Å². The van der Waals surface area contributed by atoms with E-state index in [0.29, 0.717) is 49.6 Å². The summed E-state index contributed by atoms with van der Waals surface area (Å²) in [5.74, 6) is 0.862. The Balaban J connectivity index is 1.70. The molecule has 0 spiro atoms. The van der Waals surface area contributed by atoms with Crippen molar-refractivity contribution in [2.24, 2.45) is 11.8 Å². The van der Waals surface area contributed by atoms with E-state index >= 15 is 0 Å². The third-order valence-electron chi connectivity index (χ3n) is 6.25. The van der Waals surface area contributed by atoms with Crippen LogP contribution < -0.4 is 10.1 Å². The summed E-state index contributed by atoms with van der Waals surface area (Å²) in [6.45, 7) is 6.85. The quantitative estimate of drug-likeness (QED) is 0.723. The van der Waals surface area contributed by atoms with Crippen LogP contribution in [0.25, 0.3) is 0 Å². The van der Waals surface area contributed by atoms with Crippen LogP contribution in [0.2, 0.25) is 0 Å². The van der Waals surface area contributed by atoms with Crippen LogP contribution >= 0.6 is 0 Å². The molecule has 31 heavy (non-hydrogen) atoms. The molecule has 7 nitrogen and oxygen atoms in total. The molecule has 170 valence electrons. The summed E-state index contributed by atoms with van der Waals surface area (Å²) in [4.78, 5) is 42.5. The van der Waals surface area contributed by atoms with Crippen molar-refractivity contribution in [3.63, 3.8) is 0 Å². The van der Waals surface area contributed by atoms with Gasteiger partial charge in [0.25, 0.3) is 5.91 Å². The fraction of sp³-hybridized carbons (Fsp3) is 0.625. The van der Waals surface area contributed by atoms with Gasteiger partial charge < -0.3 is 19.9 Å². The van der Waals surface area contributed by atoms with Crippen molar-refractivity contribution in [1.29, 1.82) is 0 Å². The molecule has 0 aliphatic carbocycles. The summed E-state index contributed by atoms with van der Waals surface area (Å²) in [7, 11) is 1.56. The van der Waals surface area contributed by atoms with Crippen LogP contribution in [0.4, 0.5) is 0 Å². The van der Waals surface area contributed by atoms with E-state index in [1.807, 2.05) is 23.6 Å². The van der Waals surface area contributed by atoms with Gasteiger partial charge in [-0.2, -0.15) is 0 Å². The molecule has 3 amide bonds. The Kier molecular flexibility index (Phi) is 7.93. The molecule has 1 aromatic carbocycles. The average molecular weight is 430 g/mol. The van der Waals surface area contributed by atoms with Crippen LogP contribution in [0.1, 0.15) is 56.3 Å². The van der Waals surface area contributed by atoms with E-state index in [9.17, 15) is 14.4 Å². The maximum absolute atomic E-state index is 13.3. The first-order chi connectivity index (χ1) is 14.9. The molecule has 7 heteroatoms. The van der Waals surface area contributed by atoms with E-state index in [1.165, 1.54) is 0 Å². The minimum Gasteiger partial charge on any atom is -0.497 e. The largest absolute Gasteiger partial charge is 0.497 e. The lowest BCUT2D eigenvalue weighted by molar-refractivity contribution is -0.135. The van der Waals surface area contributed by atoms with Crippen LogP contribution in [0.3, 0.4) is 0 Å². The molecule has 2 aliphatic heterocycles. The summed E-state index contributed by atoms with van der Waals surface area (Å²) in [5, 5.41) is 3.02. The van der Waals surface area contributed by atoms with Crippen LogP contribution in [0.15, 0.2) is 24.3 Å². The van der Waals surface area contributed by atoms with E-state index in [0.717, 1.165) is 25.9 Å². The smallest absolute Gasteiger partial charge is 0.252 e. The second-order valence-corrected chi connectivity index (χ2v) is 9.03. The van der Waals surface area contributed by atoms with E-state index in [2.05, 4.69) is 5.32 Å². The molecule has 2 heterocycles. The predicted molar refractivity (Wildman–Crippen MR) is 119 cm³/mol. The van der Waals surface area contributed by atoms with Crippen molar-refractivity contribution in [3.05, 3.63) is 29.8 Å². The number of amides is 3. The molecule has 0 aromatic heterocycles. The maximum atomic E-state index is 13.3. The van der Waals surface area contributed by atoms with Crippen molar-refractivity contribution >= 4 is 17.7 Å². The summed E-state index contributed by atoms with van der Waals surface area (Å²) in [5.41, 5.74) is 0.475. The number of carbonyl (C=O) groups is 3. The zero-order chi connectivity index (χ0) is 22.4. The van der Waals surface area contributed by atoms with Crippen LogP contribution in [0.5, 0.6) is 5.75 Å². The Bertz CT molecular complexity index is 781. The number of piperidine rings is 1. The molecule has 3 rings (SSSR count). The van der Waals surface area contributed by atoms with Gasteiger partial charge in [0.2, 0.25) is 11.8 Å². The fourth-order valence-electron chi connectivity index (χ4n) is 4.46. The van der Waals surface area contributed by atoms with Gasteiger partial charge in [0.1, 0.15) is 11.8 Å². The van der Waals surface area contributed by atoms with Crippen molar-refractivity contribution in [1.82, 2.24) is 15.1 Å². The second kappa shape index (κ2) is 10.6. The van der Waals surface area contributed by atoms with Crippen LogP contribution in [-0.2, 0) is 9.59 Å². The Morgan fingerprint density at radius 2 is 1.74 bits per heavy atom. The van der Waals surface area contributed by atoms with Crippen molar-refractivity contribution < 1.29 is 19.1 Å². The molecule has 0 saturated carbocycles. The summed E-state index contributed by atoms with van der Waals surface area (Å²) in [6.07, 6.45) is 3.99. The summed E-state index contributed by atoms with van der Waals surface area (Å²) >= 11 is 0. The zero-order valence-electron chi connectivity index (χ0n) is 18.9. The summed E-state index contributed by atoms with van der Waals surface area (Å²) < 4.78 is 5.22. The van der Waals surface area contributed by atoms with Gasteiger partial charge in [0, 0.05) is 38.2 Å². The zero-order valence-corrected chi connectivity index (χ0v) is 18.9. The van der Waals surface area contributed by atoms with Gasteiger partial charge >= 0.3 is 0 Å². The Morgan fingerprint density at radius 3 is 2.35 bits per heavy atom. The number of nitrogens with one attached hydrogen (secondary N) is 1. The highest BCUT2D eigenvalue weighted by Crippen LogP contribution is 2.25. The highest BCUT2D eigenvalue weighted by Gasteiger charge is 2.36. The van der Waals surface area contributed by atoms with E-state index in [4.69, 9.17) is 4.74 Å². The van der Waals surface area contributed by atoms with Gasteiger partial charge in [-0.3, -0.25) is 14.4 Å². The SMILES string of the molecule is COc1cccc(C(=O)N[C@@H](C(=O)N2CCCC2)C2CCN(C(=O)CC(C)C)CC2)c1. The van der Waals surface area contributed by atoms with Crippen LogP contribution in [0, 0.1) is 11.8 Å². The van der Waals surface area contributed by atoms with Crippen molar-refractivity contribution in [2.75, 3.05) is 33.3 Å². The molecule has 2 saturated heterocycles. The first-order valence-corrected chi connectivity index (χ1v) is 11.4. The molecule has 1 aromatic rings. The number of carbonyl (C=O) groups excluding carboxylic acids is 3. The lowest BCUT2D eigenvalue weighted by Crippen LogP contribution is -2.54. The standard InChI is InChI=1S/C24H35N3O4/c1-17(2)15-21(28)26-13-9-18(10-14-26)22(24(30)27-11-4-5-12-27)25-23(29)19-7-6-8-20(16-19)31-3/h6-8,16-18,22H,4-5,9-15H2,1-3H3,(H,25,29)/t22-/m1/s1. The fourth-order valence-corrected chi connectivity index (χ4v) is 4.46. The minimum atomic E-state index is -0.570. The third kappa shape index (κ3) is 5.99. The number of likely N-dealkylation sites (tertiary alicyclic amines) is 2. The number of ether oxygens (including phenoxy) is 1. The predicted octanol–water partition coefficient (Wildman–Crippen LogP) is 2.70. The number of hydrogen-bond acceptors (Lipinski definition) is 4. The van der Waals surface area contributed by atoms with E-state index in [-0.39, 0.29) is 23.6 Å². The molecule has 2 fully saturated rings. The topological polar surface area (TPSA) is 79.0 Å². The Hall–Kier alpha value is -2.57. The number of rotatable bonds is 7. The van der Waals surface area contributed by atoms with Crippen molar-refractivity contribution in [3.8, 4) is 5.75 Å². The van der Waals surface area contributed by atoms with Gasteiger partial charge in [0.05, 0.1) is 7.11 Å². The van der Waals surface area contributed by atoms with E-state index < -0.39 is 6.04 Å². The van der Waals surface area contributed by atoms with Gasteiger partial charge in [-0.15, -0.1) is 0 Å². The lowest BCUT2D eigenvalue weighted by atomic mass is 9.88. The van der Waals surface area contributed by atoms with Gasteiger partial charge in [-0.1, -0.05) is 19.9 Å². The molecule has 0 bridgehead atoms. The second-order valence-electron chi connectivity index (χ2n) is 9.03. The summed E-state index contributed by atoms with van der Waals surface area (Å²) in [6, 6.07) is 6.39. The monoisotopic (exact) mass is 429 g/mol. The van der Waals surface area contributed by atoms with Gasteiger partial charge in [-0.25, -0.2) is 0 Å². The highest BCUT2D eigenvalue weighted by atomic mass is 16.5. The van der Waals surface area contributed by atoms with Gasteiger partial charge in [-0.05, 0) is 55.7 Å². The number of methoxy groups -OCH3 is 1. The number of nitrogens with zero attached hydrogens (tertiary/aromatic N) is 2. The highest BCUT2D eigenvalue weighted by molar-refractivity contribution is 5.98. The van der Waals surface area contributed by atoms with Crippen molar-refractivity contribution in [2.45, 2.75) is 52.0 Å². The third-order valence-corrected chi connectivity index (χ3v) is 6.25. The Labute approximate surface area is 185 Å². The minimum absolute atomic E-state index is 0.000651. The molecule has 0 unspecified atom stereocenters. The maximum Gasteiger partial charge on any atom is 0.252 e. The molecule has 1 atom stereocenters. The average Bonchev–Trinajstić information content (AvgIpc) is 3.31. The molecule has 1 N–H and O–H groups in total. The van der Waals surface area contributed by atoms with Gasteiger partial charge in [0.15, 0.2) is 0 Å². The molecule has 0 radical (unpaired) electrons. The molecular weight excluding hydrogens is 394 g/mol. The molecule has 2 aliphatic rings. The van der Waals surface area contributed by atoms with Crippen LogP contribution in [-0.4, -0.2) is 66.9 Å². The first-order valence-electron chi connectivity index (χ1n) is 11.4.